The molecule has 0 spiro atoms. The number of allylic oxidation sites excluding steroid dienone is 1. The minimum Gasteiger partial charge on any atom is -0.373 e. The first-order valence-corrected chi connectivity index (χ1v) is 11.3. The van der Waals surface area contributed by atoms with Crippen LogP contribution in [0.4, 0.5) is 32.1 Å². The number of nitrogens with one attached hydrogen (secondary N) is 3. The van der Waals surface area contributed by atoms with Crippen molar-refractivity contribution < 1.29 is 14.0 Å². The zero-order chi connectivity index (χ0) is 24.2. The smallest absolute Gasteiger partial charge is 0.323 e. The Balaban J connectivity index is 1.74. The molecule has 1 aromatic heterocycles. The Bertz CT molecular complexity index is 1340. The second kappa shape index (κ2) is 9.91. The molecule has 7 nitrogen and oxygen atoms in total. The molecular weight excluding hydrogens is 501 g/mol. The van der Waals surface area contributed by atoms with Crippen LogP contribution in [0.2, 0.25) is 0 Å². The molecule has 0 aliphatic carbocycles. The first-order valence-electron chi connectivity index (χ1n) is 10.5. The first-order chi connectivity index (χ1) is 16.4. The molecule has 0 saturated heterocycles. The van der Waals surface area contributed by atoms with Gasteiger partial charge in [0.15, 0.2) is 5.94 Å². The summed E-state index contributed by atoms with van der Waals surface area (Å²) in [6.45, 7) is 2.43. The third-order valence-electron chi connectivity index (χ3n) is 5.32. The van der Waals surface area contributed by atoms with Crippen LogP contribution in [0.15, 0.2) is 64.9 Å². The molecule has 2 amide bonds. The molecule has 34 heavy (non-hydrogen) atoms. The van der Waals surface area contributed by atoms with Gasteiger partial charge in [-0.25, -0.2) is 19.0 Å². The monoisotopic (exact) mass is 521 g/mol. The fourth-order valence-corrected chi connectivity index (χ4v) is 4.26. The molecule has 9 heteroatoms. The zero-order valence-corrected chi connectivity index (χ0v) is 20.0. The molecule has 0 unspecified atom stereocenters. The quantitative estimate of drug-likeness (QED) is 0.371. The lowest BCUT2D eigenvalue weighted by molar-refractivity contribution is 0.262. The molecule has 0 saturated carbocycles. The van der Waals surface area contributed by atoms with Gasteiger partial charge < -0.3 is 20.9 Å². The van der Waals surface area contributed by atoms with Crippen LogP contribution in [-0.2, 0) is 4.79 Å². The molecule has 0 atom stereocenters. The van der Waals surface area contributed by atoms with E-state index in [2.05, 4.69) is 36.9 Å². The Morgan fingerprint density at radius 2 is 1.94 bits per heavy atom. The van der Waals surface area contributed by atoms with E-state index in [1.807, 2.05) is 29.9 Å². The summed E-state index contributed by atoms with van der Waals surface area (Å²) in [7, 11) is 1.77. The lowest BCUT2D eigenvalue weighted by Gasteiger charge is -2.31. The predicted octanol–water partition coefficient (Wildman–Crippen LogP) is 5.76. The van der Waals surface area contributed by atoms with Crippen LogP contribution in [0.3, 0.4) is 0 Å². The van der Waals surface area contributed by atoms with Crippen LogP contribution in [0.5, 0.6) is 0 Å². The number of rotatable bonds is 5. The number of anilines is 4. The highest BCUT2D eigenvalue weighted by Crippen LogP contribution is 2.42. The van der Waals surface area contributed by atoms with Crippen LogP contribution in [0, 0.1) is 5.82 Å². The van der Waals surface area contributed by atoms with Gasteiger partial charge in [-0.05, 0) is 37.3 Å². The number of amides is 2. The predicted molar refractivity (Wildman–Crippen MR) is 137 cm³/mol. The summed E-state index contributed by atoms with van der Waals surface area (Å²) in [5.74, 6) is 2.08. The standard InChI is InChI=1S/C25H21BrFN5O2/c1-3-32-22-12-24(28-2)29-13-15(22)9-18(23(32)14-33)17-10-21(20(27)11-19(17)26)31-25(34)30-16-7-5-4-6-8-16/h4-13H,3H2,1-2H3,(H,28,29)(H2,30,31,34). The molecule has 4 rings (SSSR count). The molecule has 3 N–H and O–H groups in total. The maximum Gasteiger partial charge on any atom is 0.323 e. The molecule has 0 radical (unpaired) electrons. The van der Waals surface area contributed by atoms with Crippen molar-refractivity contribution in [2.24, 2.45) is 0 Å². The first kappa shape index (κ1) is 23.2. The lowest BCUT2D eigenvalue weighted by Crippen LogP contribution is -2.27. The van der Waals surface area contributed by atoms with Crippen molar-refractivity contribution >= 4 is 62.4 Å². The summed E-state index contributed by atoms with van der Waals surface area (Å²) < 4.78 is 15.2. The number of para-hydroxylation sites is 1. The second-order valence-corrected chi connectivity index (χ2v) is 8.24. The highest BCUT2D eigenvalue weighted by Gasteiger charge is 2.27. The van der Waals surface area contributed by atoms with E-state index in [-0.39, 0.29) is 5.69 Å². The summed E-state index contributed by atoms with van der Waals surface area (Å²) >= 11 is 3.40. The Morgan fingerprint density at radius 1 is 1.18 bits per heavy atom. The second-order valence-electron chi connectivity index (χ2n) is 7.39. The molecule has 3 aromatic rings. The molecule has 2 aromatic carbocycles. The normalized spacial score (nSPS) is 12.4. The Morgan fingerprint density at radius 3 is 2.62 bits per heavy atom. The van der Waals surface area contributed by atoms with Gasteiger partial charge in [0.05, 0.1) is 11.4 Å². The van der Waals surface area contributed by atoms with Gasteiger partial charge in [0.1, 0.15) is 17.3 Å². The van der Waals surface area contributed by atoms with Crippen molar-refractivity contribution in [1.82, 2.24) is 4.98 Å². The van der Waals surface area contributed by atoms with Gasteiger partial charge >= 0.3 is 6.03 Å². The number of urea groups is 1. The highest BCUT2D eigenvalue weighted by atomic mass is 79.9. The molecule has 2 heterocycles. The van der Waals surface area contributed by atoms with Gasteiger partial charge in [-0.2, -0.15) is 0 Å². The average molecular weight is 522 g/mol. The fourth-order valence-electron chi connectivity index (χ4n) is 3.73. The maximum atomic E-state index is 14.7. The van der Waals surface area contributed by atoms with Gasteiger partial charge in [0.2, 0.25) is 0 Å². The van der Waals surface area contributed by atoms with E-state index in [1.165, 1.54) is 12.1 Å². The van der Waals surface area contributed by atoms with Crippen molar-refractivity contribution in [2.75, 3.05) is 34.4 Å². The van der Waals surface area contributed by atoms with Crippen molar-refractivity contribution in [1.29, 1.82) is 0 Å². The van der Waals surface area contributed by atoms with Crippen molar-refractivity contribution in [2.45, 2.75) is 6.92 Å². The Labute approximate surface area is 204 Å². The summed E-state index contributed by atoms with van der Waals surface area (Å²) in [5.41, 5.74) is 3.50. The summed E-state index contributed by atoms with van der Waals surface area (Å²) in [5, 5.41) is 8.19. The van der Waals surface area contributed by atoms with Crippen molar-refractivity contribution in [3.8, 4) is 0 Å². The molecule has 1 aliphatic rings. The lowest BCUT2D eigenvalue weighted by atomic mass is 9.94. The van der Waals surface area contributed by atoms with Gasteiger partial charge in [-0.15, -0.1) is 0 Å². The number of aromatic nitrogens is 1. The van der Waals surface area contributed by atoms with E-state index in [4.69, 9.17) is 0 Å². The van der Waals surface area contributed by atoms with Crippen molar-refractivity contribution in [3.63, 3.8) is 0 Å². The largest absolute Gasteiger partial charge is 0.373 e. The van der Waals surface area contributed by atoms with Gasteiger partial charge in [0, 0.05) is 52.7 Å². The van der Waals surface area contributed by atoms with Crippen LogP contribution in [0.1, 0.15) is 18.1 Å². The maximum absolute atomic E-state index is 14.7. The van der Waals surface area contributed by atoms with E-state index >= 15 is 0 Å². The van der Waals surface area contributed by atoms with Gasteiger partial charge in [0.25, 0.3) is 0 Å². The Hall–Kier alpha value is -3.94. The number of benzene rings is 2. The number of carbonyl (C=O) groups is 1. The molecular formula is C25H21BrFN5O2. The number of halogens is 2. The third-order valence-corrected chi connectivity index (χ3v) is 5.98. The third kappa shape index (κ3) is 4.57. The summed E-state index contributed by atoms with van der Waals surface area (Å²) in [4.78, 5) is 30.7. The molecule has 0 bridgehead atoms. The van der Waals surface area contributed by atoms with E-state index in [9.17, 15) is 14.0 Å². The summed E-state index contributed by atoms with van der Waals surface area (Å²) in [6.07, 6.45) is 3.51. The van der Waals surface area contributed by atoms with Gasteiger partial charge in [-0.3, -0.25) is 0 Å². The van der Waals surface area contributed by atoms with Crippen LogP contribution in [0.25, 0.3) is 11.6 Å². The number of carbonyl (C=O) groups excluding carboxylic acids is 2. The molecule has 0 fully saturated rings. The fraction of sp³-hybridized carbons (Fsp3) is 0.120. The number of hydrogen-bond donors (Lipinski definition) is 3. The van der Waals surface area contributed by atoms with E-state index in [0.29, 0.717) is 39.4 Å². The number of fused-ring (bicyclic) bond motifs is 1. The summed E-state index contributed by atoms with van der Waals surface area (Å²) in [6, 6.07) is 12.8. The number of pyridine rings is 1. The molecule has 1 aliphatic heterocycles. The minimum atomic E-state index is -0.625. The topological polar surface area (TPSA) is 86.4 Å². The van der Waals surface area contributed by atoms with Crippen LogP contribution in [-0.4, -0.2) is 30.5 Å². The minimum absolute atomic E-state index is 0.0321. The van der Waals surface area contributed by atoms with E-state index < -0.39 is 11.8 Å². The number of nitrogens with zero attached hydrogens (tertiary/aromatic N) is 2. The van der Waals surface area contributed by atoms with E-state index in [0.717, 1.165) is 11.3 Å². The number of likely N-dealkylation sites (N-methyl/N-ethyl adjacent to an activating group) is 1. The zero-order valence-electron chi connectivity index (χ0n) is 18.4. The van der Waals surface area contributed by atoms with Gasteiger partial charge in [-0.1, -0.05) is 34.1 Å². The van der Waals surface area contributed by atoms with Crippen LogP contribution < -0.4 is 20.9 Å². The Kier molecular flexibility index (Phi) is 6.77. The average Bonchev–Trinajstić information content (AvgIpc) is 2.84. The van der Waals surface area contributed by atoms with Crippen molar-refractivity contribution in [3.05, 3.63) is 81.8 Å². The van der Waals surface area contributed by atoms with Crippen LogP contribution >= 0.6 is 15.9 Å². The number of hydrogen-bond acceptors (Lipinski definition) is 5. The molecule has 172 valence electrons. The van der Waals surface area contributed by atoms with E-state index in [1.54, 1.807) is 43.6 Å². The highest BCUT2D eigenvalue weighted by molar-refractivity contribution is 9.10. The SMILES string of the molecule is CCN1C(=C=O)C(c2cc(NC(=O)Nc3ccccc3)c(F)cc2Br)=Cc2cnc(NC)cc21.